The number of amides is 1. The number of nitrogens with one attached hydrogen (secondary N) is 1. The Morgan fingerprint density at radius 1 is 1.41 bits per heavy atom. The van der Waals surface area contributed by atoms with Gasteiger partial charge in [-0.1, -0.05) is 19.9 Å². The summed E-state index contributed by atoms with van der Waals surface area (Å²) >= 11 is 0. The number of benzene rings is 1. The third kappa shape index (κ3) is 4.15. The van der Waals surface area contributed by atoms with Gasteiger partial charge in [0.2, 0.25) is 5.91 Å². The third-order valence-corrected chi connectivity index (χ3v) is 4.63. The molecule has 1 atom stereocenters. The number of carbonyl (C=O) groups is 1. The normalized spacial score (nSPS) is 17.8. The molecule has 0 aliphatic carbocycles. The maximum Gasteiger partial charge on any atom is 0.223 e. The zero-order valence-corrected chi connectivity index (χ0v) is 14.0. The summed E-state index contributed by atoms with van der Waals surface area (Å²) in [5.41, 5.74) is 1.20. The highest BCUT2D eigenvalue weighted by atomic mass is 16.5. The Kier molecular flexibility index (Phi) is 6.10. The molecule has 1 fully saturated rings. The van der Waals surface area contributed by atoms with Crippen LogP contribution in [-0.4, -0.2) is 32.7 Å². The standard InChI is InChI=1S/C18H28N2O2/c1-4-15(5-2)18(21)19-12-14-9-10-20(13-14)16-7-6-8-17(11-16)22-3/h6-8,11,14-15H,4-5,9-10,12-13H2,1-3H3,(H,19,21)/t14-/m1/s1. The van der Waals surface area contributed by atoms with E-state index in [4.69, 9.17) is 4.74 Å². The second-order valence-electron chi connectivity index (χ2n) is 6.06. The van der Waals surface area contributed by atoms with E-state index in [0.29, 0.717) is 5.92 Å². The zero-order chi connectivity index (χ0) is 15.9. The van der Waals surface area contributed by atoms with Crippen molar-refractivity contribution in [2.75, 3.05) is 31.6 Å². The van der Waals surface area contributed by atoms with Crippen LogP contribution >= 0.6 is 0 Å². The van der Waals surface area contributed by atoms with E-state index < -0.39 is 0 Å². The molecule has 122 valence electrons. The van der Waals surface area contributed by atoms with Crippen LogP contribution in [0.3, 0.4) is 0 Å². The van der Waals surface area contributed by atoms with Gasteiger partial charge in [0.1, 0.15) is 5.75 Å². The lowest BCUT2D eigenvalue weighted by atomic mass is 10.0. The molecule has 2 rings (SSSR count). The van der Waals surface area contributed by atoms with Gasteiger partial charge in [0, 0.05) is 37.3 Å². The summed E-state index contributed by atoms with van der Waals surface area (Å²) in [5.74, 6) is 1.80. The highest BCUT2D eigenvalue weighted by Crippen LogP contribution is 2.26. The molecule has 4 heteroatoms. The second-order valence-corrected chi connectivity index (χ2v) is 6.06. The molecule has 0 unspecified atom stereocenters. The molecule has 1 amide bonds. The molecular formula is C18H28N2O2. The van der Waals surface area contributed by atoms with Gasteiger partial charge in [0.05, 0.1) is 7.11 Å². The van der Waals surface area contributed by atoms with Gasteiger partial charge in [-0.05, 0) is 37.3 Å². The molecule has 1 aliphatic heterocycles. The Morgan fingerprint density at radius 3 is 2.86 bits per heavy atom. The minimum absolute atomic E-state index is 0.163. The first-order valence-electron chi connectivity index (χ1n) is 8.34. The Balaban J connectivity index is 1.83. The van der Waals surface area contributed by atoms with E-state index >= 15 is 0 Å². The molecule has 0 spiro atoms. The zero-order valence-electron chi connectivity index (χ0n) is 14.0. The van der Waals surface area contributed by atoms with Gasteiger partial charge in [-0.25, -0.2) is 0 Å². The van der Waals surface area contributed by atoms with E-state index in [2.05, 4.69) is 36.2 Å². The van der Waals surface area contributed by atoms with E-state index in [1.807, 2.05) is 12.1 Å². The summed E-state index contributed by atoms with van der Waals surface area (Å²) in [5, 5.41) is 3.13. The van der Waals surface area contributed by atoms with E-state index in [1.54, 1.807) is 7.11 Å². The van der Waals surface area contributed by atoms with Gasteiger partial charge in [0.15, 0.2) is 0 Å². The Morgan fingerprint density at radius 2 is 2.18 bits per heavy atom. The molecule has 4 nitrogen and oxygen atoms in total. The quantitative estimate of drug-likeness (QED) is 0.841. The lowest BCUT2D eigenvalue weighted by molar-refractivity contribution is -0.125. The molecule has 1 saturated heterocycles. The Labute approximate surface area is 133 Å². The first-order chi connectivity index (χ1) is 10.7. The van der Waals surface area contributed by atoms with Gasteiger partial charge in [0.25, 0.3) is 0 Å². The molecule has 1 heterocycles. The van der Waals surface area contributed by atoms with Crippen LogP contribution in [0.5, 0.6) is 5.75 Å². The van der Waals surface area contributed by atoms with E-state index in [9.17, 15) is 4.79 Å². The van der Waals surface area contributed by atoms with Crippen molar-refractivity contribution in [3.63, 3.8) is 0 Å². The predicted octanol–water partition coefficient (Wildman–Crippen LogP) is 3.07. The molecule has 0 radical (unpaired) electrons. The largest absolute Gasteiger partial charge is 0.497 e. The molecule has 0 aromatic heterocycles. The van der Waals surface area contributed by atoms with E-state index in [-0.39, 0.29) is 11.8 Å². The highest BCUT2D eigenvalue weighted by Gasteiger charge is 2.24. The average Bonchev–Trinajstić information content (AvgIpc) is 3.03. The molecule has 1 aromatic rings. The van der Waals surface area contributed by atoms with Crippen LogP contribution in [0, 0.1) is 11.8 Å². The molecule has 1 N–H and O–H groups in total. The van der Waals surface area contributed by atoms with Crippen molar-refractivity contribution in [2.24, 2.45) is 11.8 Å². The van der Waals surface area contributed by atoms with Crippen molar-refractivity contribution in [3.8, 4) is 5.75 Å². The topological polar surface area (TPSA) is 41.6 Å². The summed E-state index contributed by atoms with van der Waals surface area (Å²) < 4.78 is 5.29. The summed E-state index contributed by atoms with van der Waals surface area (Å²) in [6.45, 7) is 6.98. The van der Waals surface area contributed by atoms with E-state index in [0.717, 1.165) is 44.6 Å². The first kappa shape index (κ1) is 16.7. The molecule has 0 saturated carbocycles. The molecule has 0 bridgehead atoms. The number of carbonyl (C=O) groups excluding carboxylic acids is 1. The summed E-state index contributed by atoms with van der Waals surface area (Å²) in [4.78, 5) is 14.4. The average molecular weight is 304 g/mol. The van der Waals surface area contributed by atoms with Crippen molar-refractivity contribution in [1.29, 1.82) is 0 Å². The van der Waals surface area contributed by atoms with Crippen molar-refractivity contribution >= 4 is 11.6 Å². The van der Waals surface area contributed by atoms with Gasteiger partial charge in [-0.3, -0.25) is 4.79 Å². The number of hydrogen-bond donors (Lipinski definition) is 1. The van der Waals surface area contributed by atoms with Crippen LogP contribution in [0.2, 0.25) is 0 Å². The monoisotopic (exact) mass is 304 g/mol. The summed E-state index contributed by atoms with van der Waals surface area (Å²) in [6.07, 6.45) is 2.96. The minimum Gasteiger partial charge on any atom is -0.497 e. The molecular weight excluding hydrogens is 276 g/mol. The number of anilines is 1. The number of rotatable bonds is 7. The minimum atomic E-state index is 0.163. The first-order valence-corrected chi connectivity index (χ1v) is 8.34. The van der Waals surface area contributed by atoms with Gasteiger partial charge >= 0.3 is 0 Å². The molecule has 22 heavy (non-hydrogen) atoms. The van der Waals surface area contributed by atoms with Crippen LogP contribution in [0.1, 0.15) is 33.1 Å². The van der Waals surface area contributed by atoms with E-state index in [1.165, 1.54) is 5.69 Å². The van der Waals surface area contributed by atoms with Crippen LogP contribution in [0.25, 0.3) is 0 Å². The number of nitrogens with zero attached hydrogens (tertiary/aromatic N) is 1. The Bertz CT molecular complexity index is 486. The smallest absolute Gasteiger partial charge is 0.223 e. The van der Waals surface area contributed by atoms with Crippen LogP contribution < -0.4 is 15.0 Å². The summed E-state index contributed by atoms with van der Waals surface area (Å²) in [6, 6.07) is 8.18. The summed E-state index contributed by atoms with van der Waals surface area (Å²) in [7, 11) is 1.69. The van der Waals surface area contributed by atoms with Crippen LogP contribution in [-0.2, 0) is 4.79 Å². The third-order valence-electron chi connectivity index (χ3n) is 4.63. The number of methoxy groups -OCH3 is 1. The van der Waals surface area contributed by atoms with Crippen molar-refractivity contribution in [2.45, 2.75) is 33.1 Å². The SMILES string of the molecule is CCC(CC)C(=O)NC[C@H]1CCN(c2cccc(OC)c2)C1. The fraction of sp³-hybridized carbons (Fsp3) is 0.611. The Hall–Kier alpha value is -1.71. The molecule has 1 aromatic carbocycles. The lowest BCUT2D eigenvalue weighted by Crippen LogP contribution is -2.35. The van der Waals surface area contributed by atoms with Gasteiger partial charge < -0.3 is 15.0 Å². The van der Waals surface area contributed by atoms with Gasteiger partial charge in [-0.2, -0.15) is 0 Å². The van der Waals surface area contributed by atoms with Crippen molar-refractivity contribution in [3.05, 3.63) is 24.3 Å². The van der Waals surface area contributed by atoms with Gasteiger partial charge in [-0.15, -0.1) is 0 Å². The highest BCUT2D eigenvalue weighted by molar-refractivity contribution is 5.78. The maximum absolute atomic E-state index is 12.1. The molecule has 1 aliphatic rings. The van der Waals surface area contributed by atoms with Crippen LogP contribution in [0.4, 0.5) is 5.69 Å². The van der Waals surface area contributed by atoms with Crippen molar-refractivity contribution in [1.82, 2.24) is 5.32 Å². The number of hydrogen-bond acceptors (Lipinski definition) is 3. The number of ether oxygens (including phenoxy) is 1. The maximum atomic E-state index is 12.1. The fourth-order valence-electron chi connectivity index (χ4n) is 3.09. The predicted molar refractivity (Wildman–Crippen MR) is 90.4 cm³/mol. The van der Waals surface area contributed by atoms with Crippen LogP contribution in [0.15, 0.2) is 24.3 Å². The lowest BCUT2D eigenvalue weighted by Gasteiger charge is -2.20. The van der Waals surface area contributed by atoms with Crippen molar-refractivity contribution < 1.29 is 9.53 Å². The fourth-order valence-corrected chi connectivity index (χ4v) is 3.09. The second kappa shape index (κ2) is 8.06.